The third-order valence-corrected chi connectivity index (χ3v) is 5.58. The Balaban J connectivity index is 1.51. The van der Waals surface area contributed by atoms with Gasteiger partial charge >= 0.3 is 0 Å². The van der Waals surface area contributed by atoms with Crippen molar-refractivity contribution < 1.29 is 14.4 Å². The van der Waals surface area contributed by atoms with Gasteiger partial charge in [0.2, 0.25) is 11.8 Å². The van der Waals surface area contributed by atoms with Crippen LogP contribution in [0.1, 0.15) is 28.1 Å². The molecule has 0 unspecified atom stereocenters. The summed E-state index contributed by atoms with van der Waals surface area (Å²) in [6.45, 7) is 1.08. The monoisotopic (exact) mass is 405 g/mol. The normalized spacial score (nSPS) is 13.7. The number of anilines is 1. The molecule has 1 aromatic carbocycles. The van der Waals surface area contributed by atoms with Crippen molar-refractivity contribution in [2.24, 2.45) is 0 Å². The van der Waals surface area contributed by atoms with Gasteiger partial charge in [0.25, 0.3) is 5.91 Å². The molecule has 1 N–H and O–H groups in total. The van der Waals surface area contributed by atoms with Crippen molar-refractivity contribution in [3.63, 3.8) is 0 Å². The van der Waals surface area contributed by atoms with Gasteiger partial charge in [0.05, 0.1) is 17.4 Å². The van der Waals surface area contributed by atoms with E-state index in [0.29, 0.717) is 29.4 Å². The fourth-order valence-corrected chi connectivity index (χ4v) is 4.01. The van der Waals surface area contributed by atoms with E-state index in [-0.39, 0.29) is 24.3 Å². The van der Waals surface area contributed by atoms with Crippen LogP contribution in [0.15, 0.2) is 36.4 Å². The zero-order valence-electron chi connectivity index (χ0n) is 14.9. The Bertz CT molecular complexity index is 850. The van der Waals surface area contributed by atoms with E-state index in [4.69, 9.17) is 11.6 Å². The van der Waals surface area contributed by atoms with Gasteiger partial charge in [-0.25, -0.2) is 0 Å². The predicted octanol–water partition coefficient (Wildman–Crippen LogP) is 2.92. The summed E-state index contributed by atoms with van der Waals surface area (Å²) in [4.78, 5) is 40.5. The van der Waals surface area contributed by atoms with E-state index in [9.17, 15) is 14.4 Å². The summed E-state index contributed by atoms with van der Waals surface area (Å²) in [5.41, 5.74) is 1.24. The van der Waals surface area contributed by atoms with Crippen LogP contribution in [-0.4, -0.2) is 42.8 Å². The second-order valence-electron chi connectivity index (χ2n) is 6.33. The molecule has 2 aromatic rings. The van der Waals surface area contributed by atoms with Gasteiger partial charge in [-0.15, -0.1) is 11.3 Å². The van der Waals surface area contributed by atoms with Crippen molar-refractivity contribution in [2.45, 2.75) is 19.4 Å². The Morgan fingerprint density at radius 1 is 1.22 bits per heavy atom. The molecule has 1 fully saturated rings. The number of nitrogens with zero attached hydrogens (tertiary/aromatic N) is 2. The van der Waals surface area contributed by atoms with E-state index in [1.807, 2.05) is 6.07 Å². The van der Waals surface area contributed by atoms with E-state index in [1.165, 1.54) is 11.3 Å². The number of nitrogens with one attached hydrogen (secondary N) is 1. The molecule has 3 rings (SSSR count). The number of likely N-dealkylation sites (N-methyl/N-ethyl adjacent to an activating group) is 1. The van der Waals surface area contributed by atoms with Crippen LogP contribution in [0, 0.1) is 0 Å². The van der Waals surface area contributed by atoms with Crippen molar-refractivity contribution in [1.29, 1.82) is 0 Å². The molecule has 6 nitrogen and oxygen atoms in total. The summed E-state index contributed by atoms with van der Waals surface area (Å²) in [5, 5.41) is 2.64. The number of amides is 3. The summed E-state index contributed by atoms with van der Waals surface area (Å²) >= 11 is 7.31. The molecular formula is C19H20ClN3O3S. The Kier molecular flexibility index (Phi) is 6.13. The molecule has 0 saturated carbocycles. The van der Waals surface area contributed by atoms with E-state index in [2.05, 4.69) is 5.32 Å². The molecule has 1 aliphatic rings. The number of carbonyl (C=O) groups is 3. The summed E-state index contributed by atoms with van der Waals surface area (Å²) in [6.07, 6.45) is 1.42. The minimum atomic E-state index is -0.324. The van der Waals surface area contributed by atoms with Crippen molar-refractivity contribution in [2.75, 3.05) is 25.0 Å². The maximum absolute atomic E-state index is 12.3. The third kappa shape index (κ3) is 4.87. The molecule has 3 amide bonds. The van der Waals surface area contributed by atoms with E-state index in [1.54, 1.807) is 47.2 Å². The predicted molar refractivity (Wildman–Crippen MR) is 106 cm³/mol. The molecule has 0 aliphatic carbocycles. The fraction of sp³-hybridized carbons (Fsp3) is 0.316. The van der Waals surface area contributed by atoms with Crippen LogP contribution in [0.25, 0.3) is 0 Å². The average Bonchev–Trinajstić information content (AvgIpc) is 3.27. The summed E-state index contributed by atoms with van der Waals surface area (Å²) in [6, 6.07) is 10.5. The summed E-state index contributed by atoms with van der Waals surface area (Å²) in [5.74, 6) is -0.407. The molecule has 0 radical (unpaired) electrons. The largest absolute Gasteiger partial charge is 0.343 e. The smallest absolute Gasteiger partial charge is 0.251 e. The third-order valence-electron chi connectivity index (χ3n) is 4.36. The first kappa shape index (κ1) is 19.4. The molecule has 1 saturated heterocycles. The molecule has 1 aromatic heterocycles. The number of hydrogen-bond donors (Lipinski definition) is 1. The highest BCUT2D eigenvalue weighted by Gasteiger charge is 2.21. The van der Waals surface area contributed by atoms with Crippen molar-refractivity contribution in [3.8, 4) is 0 Å². The first-order valence-electron chi connectivity index (χ1n) is 8.61. The van der Waals surface area contributed by atoms with Crippen LogP contribution in [0.5, 0.6) is 0 Å². The summed E-state index contributed by atoms with van der Waals surface area (Å²) < 4.78 is 0.679. The van der Waals surface area contributed by atoms with Crippen molar-refractivity contribution >= 4 is 46.3 Å². The standard InChI is InChI=1S/C19H20ClN3O3S/c1-22(12-15-8-9-16(20)27-15)18(25)11-21-19(26)13-4-6-14(7-5-13)23-10-2-3-17(23)24/h4-9H,2-3,10-12H2,1H3,(H,21,26). The number of thiophene rings is 1. The number of benzene rings is 1. The molecular weight excluding hydrogens is 386 g/mol. The van der Waals surface area contributed by atoms with Gasteiger partial charge in [0.15, 0.2) is 0 Å². The fourth-order valence-electron chi connectivity index (χ4n) is 2.87. The highest BCUT2D eigenvalue weighted by atomic mass is 35.5. The van der Waals surface area contributed by atoms with Crippen LogP contribution in [0.4, 0.5) is 5.69 Å². The van der Waals surface area contributed by atoms with Crippen LogP contribution in [-0.2, 0) is 16.1 Å². The Labute approximate surface area is 166 Å². The molecule has 0 atom stereocenters. The van der Waals surface area contributed by atoms with E-state index < -0.39 is 0 Å². The number of hydrogen-bond acceptors (Lipinski definition) is 4. The lowest BCUT2D eigenvalue weighted by Gasteiger charge is -2.17. The van der Waals surface area contributed by atoms with E-state index >= 15 is 0 Å². The molecule has 1 aliphatic heterocycles. The lowest BCUT2D eigenvalue weighted by molar-refractivity contribution is -0.129. The maximum atomic E-state index is 12.3. The Morgan fingerprint density at radius 3 is 2.56 bits per heavy atom. The van der Waals surface area contributed by atoms with Gasteiger partial charge in [-0.1, -0.05) is 11.6 Å². The van der Waals surface area contributed by atoms with Crippen LogP contribution < -0.4 is 10.2 Å². The number of rotatable bonds is 6. The lowest BCUT2D eigenvalue weighted by atomic mass is 10.2. The SMILES string of the molecule is CN(Cc1ccc(Cl)s1)C(=O)CNC(=O)c1ccc(N2CCCC2=O)cc1. The van der Waals surface area contributed by atoms with Gasteiger partial charge in [-0.3, -0.25) is 14.4 Å². The van der Waals surface area contributed by atoms with Crippen molar-refractivity contribution in [1.82, 2.24) is 10.2 Å². The summed E-state index contributed by atoms with van der Waals surface area (Å²) in [7, 11) is 1.68. The molecule has 27 heavy (non-hydrogen) atoms. The van der Waals surface area contributed by atoms with Crippen LogP contribution in [0.3, 0.4) is 0 Å². The average molecular weight is 406 g/mol. The van der Waals surface area contributed by atoms with Crippen molar-refractivity contribution in [3.05, 3.63) is 51.2 Å². The second-order valence-corrected chi connectivity index (χ2v) is 8.13. The maximum Gasteiger partial charge on any atom is 0.251 e. The topological polar surface area (TPSA) is 69.7 Å². The van der Waals surface area contributed by atoms with Gasteiger partial charge in [0.1, 0.15) is 0 Å². The molecule has 8 heteroatoms. The van der Waals surface area contributed by atoms with Gasteiger partial charge < -0.3 is 15.1 Å². The first-order chi connectivity index (χ1) is 12.9. The lowest BCUT2D eigenvalue weighted by Crippen LogP contribution is -2.37. The number of halogens is 1. The van der Waals surface area contributed by atoms with E-state index in [0.717, 1.165) is 17.0 Å². The molecule has 0 bridgehead atoms. The highest BCUT2D eigenvalue weighted by molar-refractivity contribution is 7.16. The van der Waals surface area contributed by atoms with Gasteiger partial charge in [-0.2, -0.15) is 0 Å². The molecule has 0 spiro atoms. The quantitative estimate of drug-likeness (QED) is 0.803. The molecule has 142 valence electrons. The minimum Gasteiger partial charge on any atom is -0.343 e. The first-order valence-corrected chi connectivity index (χ1v) is 9.80. The zero-order valence-corrected chi connectivity index (χ0v) is 16.5. The second kappa shape index (κ2) is 8.54. The Morgan fingerprint density at radius 2 is 1.96 bits per heavy atom. The van der Waals surface area contributed by atoms with Crippen LogP contribution in [0.2, 0.25) is 4.34 Å². The van der Waals surface area contributed by atoms with Gasteiger partial charge in [-0.05, 0) is 42.8 Å². The van der Waals surface area contributed by atoms with Gasteiger partial charge in [0, 0.05) is 36.1 Å². The number of carbonyl (C=O) groups excluding carboxylic acids is 3. The Hall–Kier alpha value is -2.38. The highest BCUT2D eigenvalue weighted by Crippen LogP contribution is 2.23. The molecule has 2 heterocycles. The zero-order chi connectivity index (χ0) is 19.4. The van der Waals surface area contributed by atoms with Crippen LogP contribution >= 0.6 is 22.9 Å². The minimum absolute atomic E-state index is 0.0825.